The summed E-state index contributed by atoms with van der Waals surface area (Å²) in [7, 11) is -2.88. The number of aliphatic imine (C=N–C) groups is 1. The Kier molecular flexibility index (Phi) is 12.3. The normalized spacial score (nSPS) is 17.7. The highest BCUT2D eigenvalue weighted by Gasteiger charge is 2.20. The standard InChI is InChI=1S/C17H37N5O2S.HI/c1-6-18-16(19-9-10-20-17(2,3)4)21-15-7-11-22(12-8-15)13-14-25(5,23)24;/h15,20H,6-14H2,1-5H3,(H2,18,19,21);1H. The van der Waals surface area contributed by atoms with E-state index in [1.165, 1.54) is 6.26 Å². The molecule has 1 saturated heterocycles. The maximum Gasteiger partial charge on any atom is 0.191 e. The molecule has 0 bridgehead atoms. The van der Waals surface area contributed by atoms with Crippen LogP contribution in [0.4, 0.5) is 0 Å². The van der Waals surface area contributed by atoms with Crippen LogP contribution in [0.3, 0.4) is 0 Å². The van der Waals surface area contributed by atoms with Crippen LogP contribution in [0.1, 0.15) is 40.5 Å². The van der Waals surface area contributed by atoms with E-state index in [1.54, 1.807) is 0 Å². The average molecular weight is 503 g/mol. The van der Waals surface area contributed by atoms with Crippen LogP contribution >= 0.6 is 24.0 Å². The van der Waals surface area contributed by atoms with E-state index < -0.39 is 9.84 Å². The van der Waals surface area contributed by atoms with E-state index in [9.17, 15) is 8.42 Å². The van der Waals surface area contributed by atoms with E-state index in [-0.39, 0.29) is 35.3 Å². The molecule has 0 atom stereocenters. The highest BCUT2D eigenvalue weighted by atomic mass is 127. The summed E-state index contributed by atoms with van der Waals surface area (Å²) < 4.78 is 22.5. The second-order valence-electron chi connectivity index (χ2n) is 7.83. The molecule has 26 heavy (non-hydrogen) atoms. The number of sulfone groups is 1. The van der Waals surface area contributed by atoms with Gasteiger partial charge in [-0.2, -0.15) is 0 Å². The van der Waals surface area contributed by atoms with E-state index in [0.29, 0.717) is 12.6 Å². The topological polar surface area (TPSA) is 85.8 Å². The lowest BCUT2D eigenvalue weighted by atomic mass is 10.1. The molecule has 0 radical (unpaired) electrons. The molecule has 0 spiro atoms. The molecule has 1 fully saturated rings. The van der Waals surface area contributed by atoms with E-state index in [2.05, 4.69) is 53.5 Å². The summed E-state index contributed by atoms with van der Waals surface area (Å²) in [4.78, 5) is 6.87. The molecular formula is C17H38IN5O2S. The Balaban J connectivity index is 0.00000625. The second kappa shape index (κ2) is 12.4. The first kappa shape index (κ1) is 25.9. The van der Waals surface area contributed by atoms with Gasteiger partial charge in [-0.3, -0.25) is 4.99 Å². The molecule has 1 rings (SSSR count). The zero-order valence-corrected chi connectivity index (χ0v) is 20.1. The van der Waals surface area contributed by atoms with Crippen molar-refractivity contribution in [2.24, 2.45) is 4.99 Å². The van der Waals surface area contributed by atoms with Crippen LogP contribution in [-0.4, -0.2) is 82.1 Å². The van der Waals surface area contributed by atoms with E-state index in [4.69, 9.17) is 0 Å². The number of hydrogen-bond donors (Lipinski definition) is 3. The Morgan fingerprint density at radius 3 is 2.35 bits per heavy atom. The van der Waals surface area contributed by atoms with Crippen molar-refractivity contribution in [3.05, 3.63) is 0 Å². The molecule has 7 nitrogen and oxygen atoms in total. The van der Waals surface area contributed by atoms with Gasteiger partial charge in [0.2, 0.25) is 0 Å². The Labute approximate surface area is 177 Å². The van der Waals surface area contributed by atoms with Gasteiger partial charge in [0.15, 0.2) is 5.96 Å². The van der Waals surface area contributed by atoms with E-state index in [0.717, 1.165) is 51.5 Å². The lowest BCUT2D eigenvalue weighted by Crippen LogP contribution is -2.49. The van der Waals surface area contributed by atoms with Crippen LogP contribution in [0.15, 0.2) is 4.99 Å². The monoisotopic (exact) mass is 503 g/mol. The second-order valence-corrected chi connectivity index (χ2v) is 10.1. The van der Waals surface area contributed by atoms with Gasteiger partial charge in [-0.15, -0.1) is 24.0 Å². The molecule has 9 heteroatoms. The molecule has 0 aliphatic carbocycles. The van der Waals surface area contributed by atoms with Gasteiger partial charge < -0.3 is 20.9 Å². The number of rotatable bonds is 8. The first-order chi connectivity index (χ1) is 11.6. The van der Waals surface area contributed by atoms with Crippen molar-refractivity contribution in [3.8, 4) is 0 Å². The minimum absolute atomic E-state index is 0. The molecular weight excluding hydrogens is 465 g/mol. The molecule has 1 aliphatic rings. The van der Waals surface area contributed by atoms with Crippen molar-refractivity contribution in [1.29, 1.82) is 0 Å². The van der Waals surface area contributed by atoms with Gasteiger partial charge in [-0.25, -0.2) is 8.42 Å². The van der Waals surface area contributed by atoms with Gasteiger partial charge in [0.05, 0.1) is 12.3 Å². The van der Waals surface area contributed by atoms with Gasteiger partial charge in [-0.05, 0) is 40.5 Å². The van der Waals surface area contributed by atoms with Gasteiger partial charge in [0.1, 0.15) is 9.84 Å². The minimum atomic E-state index is -2.88. The summed E-state index contributed by atoms with van der Waals surface area (Å²) in [6, 6.07) is 0.392. The summed E-state index contributed by atoms with van der Waals surface area (Å²) in [5.74, 6) is 1.11. The molecule has 0 aromatic heterocycles. The number of nitrogens with one attached hydrogen (secondary N) is 3. The number of piperidine rings is 1. The molecule has 0 unspecified atom stereocenters. The molecule has 0 aromatic carbocycles. The predicted molar refractivity (Wildman–Crippen MR) is 121 cm³/mol. The zero-order chi connectivity index (χ0) is 18.9. The lowest BCUT2D eigenvalue weighted by Gasteiger charge is -2.33. The fourth-order valence-electron chi connectivity index (χ4n) is 2.71. The molecule has 0 aromatic rings. The SMILES string of the molecule is CCNC(=NCCNC(C)(C)C)NC1CCN(CCS(C)(=O)=O)CC1.I. The van der Waals surface area contributed by atoms with Gasteiger partial charge in [-0.1, -0.05) is 0 Å². The average Bonchev–Trinajstić information content (AvgIpc) is 2.49. The molecule has 0 amide bonds. The molecule has 3 N–H and O–H groups in total. The highest BCUT2D eigenvalue weighted by Crippen LogP contribution is 2.10. The first-order valence-electron chi connectivity index (χ1n) is 9.29. The van der Waals surface area contributed by atoms with Crippen molar-refractivity contribution < 1.29 is 8.42 Å². The van der Waals surface area contributed by atoms with Crippen LogP contribution in [-0.2, 0) is 9.84 Å². The quantitative estimate of drug-likeness (QED) is 0.199. The summed E-state index contributed by atoms with van der Waals surface area (Å²) in [6.07, 6.45) is 3.32. The van der Waals surface area contributed by atoms with Crippen molar-refractivity contribution in [2.75, 3.05) is 51.3 Å². The first-order valence-corrected chi connectivity index (χ1v) is 11.3. The number of likely N-dealkylation sites (tertiary alicyclic amines) is 1. The summed E-state index contributed by atoms with van der Waals surface area (Å²) in [6.45, 7) is 13.4. The van der Waals surface area contributed by atoms with Crippen LogP contribution < -0.4 is 16.0 Å². The lowest BCUT2D eigenvalue weighted by molar-refractivity contribution is 0.216. The van der Waals surface area contributed by atoms with Gasteiger partial charge in [0, 0.05) is 50.6 Å². The Morgan fingerprint density at radius 1 is 1.23 bits per heavy atom. The number of hydrogen-bond acceptors (Lipinski definition) is 5. The zero-order valence-electron chi connectivity index (χ0n) is 17.0. The third-order valence-electron chi connectivity index (χ3n) is 4.09. The largest absolute Gasteiger partial charge is 0.357 e. The van der Waals surface area contributed by atoms with Crippen molar-refractivity contribution in [3.63, 3.8) is 0 Å². The Morgan fingerprint density at radius 2 is 1.85 bits per heavy atom. The summed E-state index contributed by atoms with van der Waals surface area (Å²) in [5, 5.41) is 10.3. The van der Waals surface area contributed by atoms with Crippen LogP contribution in [0.5, 0.6) is 0 Å². The highest BCUT2D eigenvalue weighted by molar-refractivity contribution is 14.0. The van der Waals surface area contributed by atoms with Crippen LogP contribution in [0.25, 0.3) is 0 Å². The van der Waals surface area contributed by atoms with Gasteiger partial charge in [0.25, 0.3) is 0 Å². The third-order valence-corrected chi connectivity index (χ3v) is 5.01. The van der Waals surface area contributed by atoms with Crippen molar-refractivity contribution in [1.82, 2.24) is 20.9 Å². The maximum atomic E-state index is 11.3. The van der Waals surface area contributed by atoms with Crippen molar-refractivity contribution in [2.45, 2.75) is 52.1 Å². The van der Waals surface area contributed by atoms with Crippen molar-refractivity contribution >= 4 is 39.8 Å². The Hall–Kier alpha value is -0.130. The number of halogens is 1. The van der Waals surface area contributed by atoms with E-state index >= 15 is 0 Å². The predicted octanol–water partition coefficient (Wildman–Crippen LogP) is 1.06. The number of nitrogens with zero attached hydrogens (tertiary/aromatic N) is 2. The molecule has 1 aliphatic heterocycles. The summed E-state index contributed by atoms with van der Waals surface area (Å²) >= 11 is 0. The third kappa shape index (κ3) is 13.1. The number of guanidine groups is 1. The molecule has 156 valence electrons. The fourth-order valence-corrected chi connectivity index (χ4v) is 3.30. The maximum absolute atomic E-state index is 11.3. The smallest absolute Gasteiger partial charge is 0.191 e. The van der Waals surface area contributed by atoms with Crippen LogP contribution in [0.2, 0.25) is 0 Å². The van der Waals surface area contributed by atoms with Gasteiger partial charge >= 0.3 is 0 Å². The Bertz CT molecular complexity index is 512. The van der Waals surface area contributed by atoms with E-state index in [1.807, 2.05) is 0 Å². The van der Waals surface area contributed by atoms with Crippen LogP contribution in [0, 0.1) is 0 Å². The fraction of sp³-hybridized carbons (Fsp3) is 0.941. The minimum Gasteiger partial charge on any atom is -0.357 e. The summed E-state index contributed by atoms with van der Waals surface area (Å²) in [5.41, 5.74) is 0.111. The molecule has 1 heterocycles. The molecule has 0 saturated carbocycles.